The maximum atomic E-state index is 12.3. The number of thiophene rings is 1. The summed E-state index contributed by atoms with van der Waals surface area (Å²) in [7, 11) is -3.35. The van der Waals surface area contributed by atoms with Gasteiger partial charge in [-0.05, 0) is 41.8 Å². The van der Waals surface area contributed by atoms with E-state index in [1.54, 1.807) is 16.2 Å². The van der Waals surface area contributed by atoms with Crippen LogP contribution in [0.3, 0.4) is 0 Å². The second kappa shape index (κ2) is 7.49. The molecule has 0 fully saturated rings. The van der Waals surface area contributed by atoms with Crippen LogP contribution in [-0.4, -0.2) is 37.3 Å². The topological polar surface area (TPSA) is 54.5 Å². The van der Waals surface area contributed by atoms with Gasteiger partial charge >= 0.3 is 0 Å². The number of rotatable bonds is 6. The van der Waals surface area contributed by atoms with E-state index in [0.29, 0.717) is 19.5 Å². The second-order valence-electron chi connectivity index (χ2n) is 6.12. The van der Waals surface area contributed by atoms with Crippen LogP contribution in [0.2, 0.25) is 0 Å². The van der Waals surface area contributed by atoms with E-state index in [2.05, 4.69) is 0 Å². The van der Waals surface area contributed by atoms with Crippen LogP contribution in [0, 0.1) is 0 Å². The third-order valence-electron chi connectivity index (χ3n) is 4.27. The summed E-state index contributed by atoms with van der Waals surface area (Å²) in [5, 5.41) is 2.03. The lowest BCUT2D eigenvalue weighted by Crippen LogP contribution is -2.39. The molecule has 0 spiro atoms. The first kappa shape index (κ1) is 17.2. The molecule has 1 aliphatic heterocycles. The maximum Gasteiger partial charge on any atom is 0.238 e. The number of hydrogen-bond acceptors (Lipinski definition) is 4. The molecule has 0 aliphatic carbocycles. The summed E-state index contributed by atoms with van der Waals surface area (Å²) in [6, 6.07) is 11.8. The van der Waals surface area contributed by atoms with E-state index in [0.717, 1.165) is 24.0 Å². The summed E-state index contributed by atoms with van der Waals surface area (Å²) >= 11 is 1.71. The molecule has 0 bridgehead atoms. The first-order valence-electron chi connectivity index (χ1n) is 8.11. The average molecular weight is 364 g/mol. The van der Waals surface area contributed by atoms with Gasteiger partial charge in [-0.2, -0.15) is 0 Å². The van der Waals surface area contributed by atoms with Crippen molar-refractivity contribution in [2.45, 2.75) is 25.8 Å². The molecule has 0 atom stereocenters. The Morgan fingerprint density at radius 3 is 2.75 bits per heavy atom. The predicted molar refractivity (Wildman–Crippen MR) is 96.9 cm³/mol. The van der Waals surface area contributed by atoms with Crippen LogP contribution in [0.25, 0.3) is 0 Å². The number of fused-ring (bicyclic) bond motifs is 1. The number of aryl methyl sites for hydroxylation is 1. The first-order valence-corrected chi connectivity index (χ1v) is 10.8. The Hall–Kier alpha value is -1.66. The van der Waals surface area contributed by atoms with Crippen molar-refractivity contribution < 1.29 is 13.2 Å². The van der Waals surface area contributed by atoms with Gasteiger partial charge in [-0.3, -0.25) is 4.79 Å². The fourth-order valence-electron chi connectivity index (χ4n) is 2.95. The zero-order valence-corrected chi connectivity index (χ0v) is 15.1. The highest BCUT2D eigenvalue weighted by molar-refractivity contribution is 7.92. The minimum Gasteiger partial charge on any atom is -0.337 e. The average Bonchev–Trinajstić information content (AvgIpc) is 3.02. The molecule has 0 saturated carbocycles. The summed E-state index contributed by atoms with van der Waals surface area (Å²) in [6.45, 7) is 1.16. The van der Waals surface area contributed by atoms with Crippen molar-refractivity contribution in [3.8, 4) is 0 Å². The lowest BCUT2D eigenvalue weighted by Gasteiger charge is -2.27. The standard InChI is InChI=1S/C18H21NO3S2/c20-18(19-10-8-17-16(13-19)9-11-23-17)14-24(21,22)12-4-7-15-5-2-1-3-6-15/h1-3,5-6,9,11H,4,7-8,10,12-14H2. The lowest BCUT2D eigenvalue weighted by atomic mass is 10.1. The normalized spacial score (nSPS) is 14.4. The van der Waals surface area contributed by atoms with E-state index in [9.17, 15) is 13.2 Å². The van der Waals surface area contributed by atoms with Crippen molar-refractivity contribution in [1.29, 1.82) is 0 Å². The monoisotopic (exact) mass is 363 g/mol. The number of benzene rings is 1. The molecule has 0 saturated heterocycles. The number of carbonyl (C=O) groups is 1. The van der Waals surface area contributed by atoms with Gasteiger partial charge in [-0.25, -0.2) is 8.42 Å². The minimum absolute atomic E-state index is 0.0607. The van der Waals surface area contributed by atoms with Crippen LogP contribution in [-0.2, 0) is 34.0 Å². The van der Waals surface area contributed by atoms with Gasteiger partial charge < -0.3 is 4.90 Å². The van der Waals surface area contributed by atoms with E-state index < -0.39 is 9.84 Å². The van der Waals surface area contributed by atoms with Crippen molar-refractivity contribution in [1.82, 2.24) is 4.90 Å². The second-order valence-corrected chi connectivity index (χ2v) is 9.30. The predicted octanol–water partition coefficient (Wildman–Crippen LogP) is 2.68. The van der Waals surface area contributed by atoms with Gasteiger partial charge in [-0.15, -0.1) is 11.3 Å². The van der Waals surface area contributed by atoms with E-state index in [-0.39, 0.29) is 17.4 Å². The van der Waals surface area contributed by atoms with Crippen molar-refractivity contribution in [2.24, 2.45) is 0 Å². The fourth-order valence-corrected chi connectivity index (χ4v) is 5.13. The number of amides is 1. The molecule has 3 rings (SSSR count). The highest BCUT2D eigenvalue weighted by atomic mass is 32.2. The van der Waals surface area contributed by atoms with Crippen LogP contribution in [0.4, 0.5) is 0 Å². The first-order chi connectivity index (χ1) is 11.5. The van der Waals surface area contributed by atoms with E-state index in [1.807, 2.05) is 41.8 Å². The van der Waals surface area contributed by atoms with Crippen LogP contribution < -0.4 is 0 Å². The Labute approximate surface area is 147 Å². The van der Waals surface area contributed by atoms with Crippen LogP contribution >= 0.6 is 11.3 Å². The van der Waals surface area contributed by atoms with Gasteiger partial charge in [0.25, 0.3) is 0 Å². The van der Waals surface area contributed by atoms with Gasteiger partial charge in [-0.1, -0.05) is 30.3 Å². The Morgan fingerprint density at radius 2 is 1.96 bits per heavy atom. The van der Waals surface area contributed by atoms with Gasteiger partial charge in [0.05, 0.1) is 5.75 Å². The number of carbonyl (C=O) groups excluding carboxylic acids is 1. The lowest BCUT2D eigenvalue weighted by molar-refractivity contribution is -0.129. The molecule has 1 aliphatic rings. The summed E-state index contributed by atoms with van der Waals surface area (Å²) in [6.07, 6.45) is 2.09. The quantitative estimate of drug-likeness (QED) is 0.793. The Balaban J connectivity index is 1.50. The fraction of sp³-hybridized carbons (Fsp3) is 0.389. The largest absolute Gasteiger partial charge is 0.337 e. The van der Waals surface area contributed by atoms with Crippen LogP contribution in [0.1, 0.15) is 22.4 Å². The van der Waals surface area contributed by atoms with E-state index in [1.165, 1.54) is 4.88 Å². The van der Waals surface area contributed by atoms with Gasteiger partial charge in [0.15, 0.2) is 9.84 Å². The number of hydrogen-bond donors (Lipinski definition) is 0. The summed E-state index contributed by atoms with van der Waals surface area (Å²) in [5.41, 5.74) is 2.28. The van der Waals surface area contributed by atoms with Gasteiger partial charge in [0, 0.05) is 18.0 Å². The smallest absolute Gasteiger partial charge is 0.238 e. The molecule has 2 heterocycles. The third-order valence-corrected chi connectivity index (χ3v) is 6.89. The molecule has 1 aromatic heterocycles. The molecule has 0 radical (unpaired) electrons. The zero-order valence-electron chi connectivity index (χ0n) is 13.5. The van der Waals surface area contributed by atoms with Crippen molar-refractivity contribution >= 4 is 27.1 Å². The minimum atomic E-state index is -3.35. The Morgan fingerprint density at radius 1 is 1.17 bits per heavy atom. The van der Waals surface area contributed by atoms with E-state index in [4.69, 9.17) is 0 Å². The molecule has 0 N–H and O–H groups in total. The molecule has 6 heteroatoms. The molecule has 2 aromatic rings. The Bertz CT molecular complexity index is 797. The van der Waals surface area contributed by atoms with Crippen LogP contribution in [0.15, 0.2) is 41.8 Å². The number of nitrogens with zero attached hydrogens (tertiary/aromatic N) is 1. The van der Waals surface area contributed by atoms with Gasteiger partial charge in [0.1, 0.15) is 5.75 Å². The molecule has 1 amide bonds. The maximum absolute atomic E-state index is 12.3. The summed E-state index contributed by atoms with van der Waals surface area (Å²) < 4.78 is 24.4. The van der Waals surface area contributed by atoms with E-state index >= 15 is 0 Å². The molecule has 128 valence electrons. The SMILES string of the molecule is O=C(CS(=O)(=O)CCCc1ccccc1)N1CCc2sccc2C1. The molecule has 1 aromatic carbocycles. The number of sulfone groups is 1. The highest BCUT2D eigenvalue weighted by Crippen LogP contribution is 2.24. The molecule has 24 heavy (non-hydrogen) atoms. The Kier molecular flexibility index (Phi) is 5.36. The summed E-state index contributed by atoms with van der Waals surface area (Å²) in [5.74, 6) is -0.585. The molecular formula is C18H21NO3S2. The van der Waals surface area contributed by atoms with Crippen molar-refractivity contribution in [2.75, 3.05) is 18.1 Å². The molecule has 0 unspecified atom stereocenters. The third kappa shape index (κ3) is 4.45. The van der Waals surface area contributed by atoms with Crippen molar-refractivity contribution in [3.63, 3.8) is 0 Å². The summed E-state index contributed by atoms with van der Waals surface area (Å²) in [4.78, 5) is 15.3. The zero-order chi connectivity index (χ0) is 17.0. The van der Waals surface area contributed by atoms with Crippen molar-refractivity contribution in [3.05, 3.63) is 57.8 Å². The van der Waals surface area contributed by atoms with Crippen LogP contribution in [0.5, 0.6) is 0 Å². The molecular weight excluding hydrogens is 342 g/mol. The highest BCUT2D eigenvalue weighted by Gasteiger charge is 2.25. The molecule has 4 nitrogen and oxygen atoms in total. The van der Waals surface area contributed by atoms with Gasteiger partial charge in [0.2, 0.25) is 5.91 Å².